The highest BCUT2D eigenvalue weighted by Gasteiger charge is 2.08. The van der Waals surface area contributed by atoms with Crippen LogP contribution < -0.4 is 11.1 Å². The van der Waals surface area contributed by atoms with Gasteiger partial charge in [-0.3, -0.25) is 16.1 Å². The molecular formula is C9H12N3+. The number of nitrogens with two attached hydrogens (primary N) is 2. The number of hydrogen-bond acceptors (Lipinski definition) is 1. The molecule has 1 aromatic rings. The summed E-state index contributed by atoms with van der Waals surface area (Å²) in [5, 5.41) is 5.44. The summed E-state index contributed by atoms with van der Waals surface area (Å²) in [6.45, 7) is 0. The van der Waals surface area contributed by atoms with Crippen LogP contribution in [0.15, 0.2) is 35.3 Å². The molecule has 0 atom stereocenters. The van der Waals surface area contributed by atoms with Crippen LogP contribution in [0.25, 0.3) is 0 Å². The highest BCUT2D eigenvalue weighted by molar-refractivity contribution is 6.44. The van der Waals surface area contributed by atoms with Gasteiger partial charge >= 0.3 is 0 Å². The minimum atomic E-state index is 0.253. The first-order chi connectivity index (χ1) is 5.75. The Morgan fingerprint density at radius 3 is 2.33 bits per heavy atom. The third-order valence-electron chi connectivity index (χ3n) is 1.54. The van der Waals surface area contributed by atoms with E-state index in [-0.39, 0.29) is 5.84 Å². The lowest BCUT2D eigenvalue weighted by atomic mass is 10.1. The SMILES string of the molecule is CN=C(C(N)=[NH2+])c1ccccc1. The van der Waals surface area contributed by atoms with Crippen LogP contribution in [0.2, 0.25) is 0 Å². The maximum absolute atomic E-state index is 5.44. The first-order valence-corrected chi connectivity index (χ1v) is 3.66. The molecule has 1 rings (SSSR count). The Morgan fingerprint density at radius 1 is 1.33 bits per heavy atom. The molecule has 0 heterocycles. The first-order valence-electron chi connectivity index (χ1n) is 3.66. The number of benzene rings is 1. The third kappa shape index (κ3) is 1.69. The topological polar surface area (TPSA) is 64.0 Å². The van der Waals surface area contributed by atoms with Crippen LogP contribution >= 0.6 is 0 Å². The highest BCUT2D eigenvalue weighted by atomic mass is 14.8. The Morgan fingerprint density at radius 2 is 1.92 bits per heavy atom. The van der Waals surface area contributed by atoms with Gasteiger partial charge in [0.1, 0.15) is 0 Å². The second-order valence-corrected chi connectivity index (χ2v) is 2.39. The summed E-state index contributed by atoms with van der Waals surface area (Å²) in [7, 11) is 1.67. The van der Waals surface area contributed by atoms with Gasteiger partial charge in [0.25, 0.3) is 5.84 Å². The molecule has 62 valence electrons. The van der Waals surface area contributed by atoms with E-state index in [0.717, 1.165) is 5.56 Å². The van der Waals surface area contributed by atoms with Gasteiger partial charge in [-0.05, 0) is 0 Å². The van der Waals surface area contributed by atoms with Crippen molar-refractivity contribution in [2.45, 2.75) is 0 Å². The zero-order valence-corrected chi connectivity index (χ0v) is 6.99. The van der Waals surface area contributed by atoms with Crippen molar-refractivity contribution in [1.29, 1.82) is 0 Å². The summed E-state index contributed by atoms with van der Waals surface area (Å²) in [4.78, 5) is 3.99. The normalized spacial score (nSPS) is 11.2. The van der Waals surface area contributed by atoms with Gasteiger partial charge in [-0.15, -0.1) is 0 Å². The van der Waals surface area contributed by atoms with Gasteiger partial charge in [-0.25, -0.2) is 0 Å². The van der Waals surface area contributed by atoms with Crippen LogP contribution in [0.4, 0.5) is 0 Å². The summed E-state index contributed by atoms with van der Waals surface area (Å²) < 4.78 is 0. The summed E-state index contributed by atoms with van der Waals surface area (Å²) in [5.74, 6) is 0.253. The largest absolute Gasteiger partial charge is 0.289 e. The lowest BCUT2D eigenvalue weighted by molar-refractivity contribution is -0.111. The summed E-state index contributed by atoms with van der Waals surface area (Å²) in [6.07, 6.45) is 0. The fourth-order valence-electron chi connectivity index (χ4n) is 1.02. The number of rotatable bonds is 2. The molecule has 0 radical (unpaired) electrons. The maximum atomic E-state index is 5.44. The van der Waals surface area contributed by atoms with E-state index in [1.54, 1.807) is 7.05 Å². The van der Waals surface area contributed by atoms with Crippen LogP contribution in [0.5, 0.6) is 0 Å². The minimum absolute atomic E-state index is 0.253. The van der Waals surface area contributed by atoms with Crippen molar-refractivity contribution < 1.29 is 5.41 Å². The fraction of sp³-hybridized carbons (Fsp3) is 0.111. The molecule has 0 aliphatic heterocycles. The number of nitrogens with zero attached hydrogens (tertiary/aromatic N) is 1. The Hall–Kier alpha value is -1.64. The monoisotopic (exact) mass is 162 g/mol. The number of hydrogen-bond donors (Lipinski definition) is 2. The molecule has 0 unspecified atom stereocenters. The van der Waals surface area contributed by atoms with Gasteiger partial charge in [0, 0.05) is 12.6 Å². The van der Waals surface area contributed by atoms with Gasteiger partial charge in [-0.1, -0.05) is 30.3 Å². The lowest BCUT2D eigenvalue weighted by Crippen LogP contribution is -2.50. The molecule has 0 fully saturated rings. The summed E-state index contributed by atoms with van der Waals surface area (Å²) >= 11 is 0. The zero-order valence-electron chi connectivity index (χ0n) is 6.99. The molecule has 0 aromatic heterocycles. The van der Waals surface area contributed by atoms with Crippen molar-refractivity contribution in [3.05, 3.63) is 35.9 Å². The molecule has 0 spiro atoms. The van der Waals surface area contributed by atoms with E-state index in [0.29, 0.717) is 5.71 Å². The van der Waals surface area contributed by atoms with E-state index in [9.17, 15) is 0 Å². The lowest BCUT2D eigenvalue weighted by Gasteiger charge is -1.97. The average molecular weight is 162 g/mol. The van der Waals surface area contributed by atoms with Crippen molar-refractivity contribution in [2.75, 3.05) is 7.05 Å². The van der Waals surface area contributed by atoms with Crippen molar-refractivity contribution in [1.82, 2.24) is 0 Å². The zero-order chi connectivity index (χ0) is 8.97. The van der Waals surface area contributed by atoms with Crippen LogP contribution in [-0.2, 0) is 0 Å². The molecular weight excluding hydrogens is 150 g/mol. The van der Waals surface area contributed by atoms with Crippen LogP contribution in [0.1, 0.15) is 5.56 Å². The van der Waals surface area contributed by atoms with Crippen molar-refractivity contribution in [3.8, 4) is 0 Å². The van der Waals surface area contributed by atoms with E-state index in [1.165, 1.54) is 0 Å². The van der Waals surface area contributed by atoms with Crippen molar-refractivity contribution in [2.24, 2.45) is 10.7 Å². The van der Waals surface area contributed by atoms with E-state index in [4.69, 9.17) is 11.1 Å². The Bertz CT molecular complexity index is 301. The Kier molecular flexibility index (Phi) is 2.58. The number of aliphatic imine (C=N–C) groups is 1. The summed E-state index contributed by atoms with van der Waals surface area (Å²) in [6, 6.07) is 9.61. The van der Waals surface area contributed by atoms with Crippen molar-refractivity contribution in [3.63, 3.8) is 0 Å². The standard InChI is InChI=1S/C9H11N3/c1-12-8(9(10)11)7-5-3-2-4-6-7/h2-6H,1H3,(H3,10,11)/p+1. The van der Waals surface area contributed by atoms with Crippen LogP contribution in [0.3, 0.4) is 0 Å². The van der Waals surface area contributed by atoms with Gasteiger partial charge in [0.2, 0.25) is 0 Å². The highest BCUT2D eigenvalue weighted by Crippen LogP contribution is 1.99. The van der Waals surface area contributed by atoms with E-state index < -0.39 is 0 Å². The van der Waals surface area contributed by atoms with Gasteiger partial charge < -0.3 is 0 Å². The molecule has 12 heavy (non-hydrogen) atoms. The van der Waals surface area contributed by atoms with Gasteiger partial charge in [0.15, 0.2) is 5.71 Å². The molecule has 0 saturated carbocycles. The van der Waals surface area contributed by atoms with Gasteiger partial charge in [0.05, 0.1) is 0 Å². The van der Waals surface area contributed by atoms with Crippen molar-refractivity contribution >= 4 is 11.5 Å². The molecule has 0 amide bonds. The van der Waals surface area contributed by atoms with E-state index in [1.807, 2.05) is 30.3 Å². The Balaban J connectivity index is 3.05. The predicted molar refractivity (Wildman–Crippen MR) is 50.0 cm³/mol. The summed E-state index contributed by atoms with van der Waals surface area (Å²) in [5.41, 5.74) is 7.04. The maximum Gasteiger partial charge on any atom is 0.289 e. The minimum Gasteiger partial charge on any atom is -0.286 e. The second-order valence-electron chi connectivity index (χ2n) is 2.39. The Labute approximate surface area is 71.4 Å². The molecule has 1 aromatic carbocycles. The van der Waals surface area contributed by atoms with E-state index >= 15 is 0 Å². The van der Waals surface area contributed by atoms with E-state index in [2.05, 4.69) is 4.99 Å². The molecule has 0 aliphatic rings. The van der Waals surface area contributed by atoms with Crippen LogP contribution in [0, 0.1) is 0 Å². The predicted octanol–water partition coefficient (Wildman–Crippen LogP) is -0.778. The molecule has 4 N–H and O–H groups in total. The first kappa shape index (κ1) is 8.46. The molecule has 0 bridgehead atoms. The number of amidine groups is 1. The third-order valence-corrected chi connectivity index (χ3v) is 1.54. The quantitative estimate of drug-likeness (QED) is 0.435. The molecule has 0 aliphatic carbocycles. The second kappa shape index (κ2) is 3.67. The molecule has 3 heteroatoms. The molecule has 3 nitrogen and oxygen atoms in total. The average Bonchev–Trinajstić information content (AvgIpc) is 2.07. The van der Waals surface area contributed by atoms with Crippen LogP contribution in [-0.4, -0.2) is 18.6 Å². The van der Waals surface area contributed by atoms with Gasteiger partial charge in [-0.2, -0.15) is 0 Å². The fourth-order valence-corrected chi connectivity index (χ4v) is 1.02. The smallest absolute Gasteiger partial charge is 0.286 e. The molecule has 0 saturated heterocycles.